The first kappa shape index (κ1) is 20.2. The smallest absolute Gasteiger partial charge is 0.161 e. The minimum atomic E-state index is -0.597. The zero-order valence-corrected chi connectivity index (χ0v) is 16.5. The van der Waals surface area contributed by atoms with Crippen molar-refractivity contribution in [2.45, 2.75) is 13.0 Å². The second-order valence-electron chi connectivity index (χ2n) is 7.01. The molecule has 2 aromatic rings. The van der Waals surface area contributed by atoms with E-state index in [1.807, 2.05) is 6.07 Å². The van der Waals surface area contributed by atoms with Crippen LogP contribution < -0.4 is 14.4 Å². The Labute approximate surface area is 166 Å². The summed E-state index contributed by atoms with van der Waals surface area (Å²) in [5.41, 5.74) is 1.81. The summed E-state index contributed by atoms with van der Waals surface area (Å²) in [6, 6.07) is 15.5. The molecule has 1 aliphatic heterocycles. The van der Waals surface area contributed by atoms with E-state index in [-0.39, 0.29) is 12.4 Å². The van der Waals surface area contributed by atoms with E-state index in [0.29, 0.717) is 23.6 Å². The lowest BCUT2D eigenvalue weighted by Crippen LogP contribution is -2.49. The van der Waals surface area contributed by atoms with E-state index < -0.39 is 6.10 Å². The predicted octanol–water partition coefficient (Wildman–Crippen LogP) is 2.46. The van der Waals surface area contributed by atoms with Crippen molar-refractivity contribution < 1.29 is 19.4 Å². The zero-order chi connectivity index (χ0) is 19.9. The predicted molar refractivity (Wildman–Crippen MR) is 110 cm³/mol. The minimum Gasteiger partial charge on any atom is -0.493 e. The van der Waals surface area contributed by atoms with Crippen molar-refractivity contribution in [3.05, 3.63) is 54.1 Å². The Kier molecular flexibility index (Phi) is 6.90. The monoisotopic (exact) mass is 384 g/mol. The molecule has 1 heterocycles. The average molecular weight is 384 g/mol. The molecule has 3 rings (SSSR count). The van der Waals surface area contributed by atoms with E-state index in [9.17, 15) is 9.90 Å². The molecular formula is C22H28N2O4. The number of nitrogens with zero attached hydrogens (tertiary/aromatic N) is 2. The molecule has 1 aliphatic rings. The Balaban J connectivity index is 1.46. The number of carbonyl (C=O) groups is 1. The van der Waals surface area contributed by atoms with Gasteiger partial charge >= 0.3 is 0 Å². The van der Waals surface area contributed by atoms with Gasteiger partial charge in [-0.15, -0.1) is 0 Å². The van der Waals surface area contributed by atoms with Gasteiger partial charge < -0.3 is 19.5 Å². The topological polar surface area (TPSA) is 62.2 Å². The van der Waals surface area contributed by atoms with Crippen LogP contribution in [0, 0.1) is 0 Å². The summed E-state index contributed by atoms with van der Waals surface area (Å²) < 4.78 is 11.0. The third-order valence-corrected chi connectivity index (χ3v) is 4.96. The largest absolute Gasteiger partial charge is 0.493 e. The van der Waals surface area contributed by atoms with Gasteiger partial charge in [0.2, 0.25) is 0 Å². The van der Waals surface area contributed by atoms with E-state index in [0.717, 1.165) is 26.2 Å². The number of benzene rings is 2. The fraction of sp³-hybridized carbons (Fsp3) is 0.409. The van der Waals surface area contributed by atoms with Crippen molar-refractivity contribution in [2.75, 3.05) is 51.3 Å². The maximum atomic E-state index is 11.5. The highest BCUT2D eigenvalue weighted by molar-refractivity contribution is 5.94. The summed E-state index contributed by atoms with van der Waals surface area (Å²) in [4.78, 5) is 16.1. The fourth-order valence-corrected chi connectivity index (χ4v) is 3.37. The Morgan fingerprint density at radius 3 is 2.43 bits per heavy atom. The van der Waals surface area contributed by atoms with E-state index >= 15 is 0 Å². The minimum absolute atomic E-state index is 0.0282. The van der Waals surface area contributed by atoms with Crippen LogP contribution in [0.2, 0.25) is 0 Å². The molecule has 0 saturated carbocycles. The molecule has 0 aliphatic carbocycles. The SMILES string of the molecule is COc1cc(C(C)=O)ccc1OC[C@@H](O)CN1CCN(c2ccccc2)CC1. The third-order valence-electron chi connectivity index (χ3n) is 4.96. The highest BCUT2D eigenvalue weighted by Gasteiger charge is 2.20. The number of methoxy groups -OCH3 is 1. The molecule has 6 heteroatoms. The lowest BCUT2D eigenvalue weighted by Gasteiger charge is -2.36. The number of ketones is 1. The van der Waals surface area contributed by atoms with Crippen molar-refractivity contribution in [2.24, 2.45) is 0 Å². The molecule has 0 bridgehead atoms. The van der Waals surface area contributed by atoms with Gasteiger partial charge in [0.05, 0.1) is 7.11 Å². The van der Waals surface area contributed by atoms with Gasteiger partial charge in [-0.25, -0.2) is 0 Å². The molecule has 1 saturated heterocycles. The van der Waals surface area contributed by atoms with Crippen LogP contribution in [0.25, 0.3) is 0 Å². The van der Waals surface area contributed by atoms with Crippen LogP contribution in [-0.4, -0.2) is 68.3 Å². The highest BCUT2D eigenvalue weighted by atomic mass is 16.5. The number of carbonyl (C=O) groups excluding carboxylic acids is 1. The number of hydrogen-bond donors (Lipinski definition) is 1. The Bertz CT molecular complexity index is 773. The number of hydrogen-bond acceptors (Lipinski definition) is 6. The standard InChI is InChI=1S/C22H28N2O4/c1-17(25)18-8-9-21(22(14-18)27-2)28-16-20(26)15-23-10-12-24(13-11-23)19-6-4-3-5-7-19/h3-9,14,20,26H,10-13,15-16H2,1-2H3/t20-/m0/s1. The number of β-amino-alcohol motifs (C(OH)–C–C–N with tert-alkyl or cyclic N) is 1. The molecule has 6 nitrogen and oxygen atoms in total. The van der Waals surface area contributed by atoms with E-state index in [4.69, 9.17) is 9.47 Å². The normalized spacial score (nSPS) is 15.9. The van der Waals surface area contributed by atoms with Gasteiger partial charge in [-0.05, 0) is 37.3 Å². The molecule has 150 valence electrons. The van der Waals surface area contributed by atoms with Crippen LogP contribution in [0.15, 0.2) is 48.5 Å². The second kappa shape index (κ2) is 9.57. The van der Waals surface area contributed by atoms with Crippen LogP contribution in [-0.2, 0) is 0 Å². The van der Waals surface area contributed by atoms with Gasteiger partial charge in [-0.3, -0.25) is 9.69 Å². The summed E-state index contributed by atoms with van der Waals surface area (Å²) in [5, 5.41) is 10.4. The summed E-state index contributed by atoms with van der Waals surface area (Å²) in [5.74, 6) is 0.997. The third kappa shape index (κ3) is 5.24. The fourth-order valence-electron chi connectivity index (χ4n) is 3.37. The molecule has 1 N–H and O–H groups in total. The van der Waals surface area contributed by atoms with Crippen molar-refractivity contribution in [1.29, 1.82) is 0 Å². The molecule has 0 radical (unpaired) electrons. The summed E-state index contributed by atoms with van der Waals surface area (Å²) in [6.07, 6.45) is -0.597. The van der Waals surface area contributed by atoms with Gasteiger partial charge in [-0.1, -0.05) is 18.2 Å². The van der Waals surface area contributed by atoms with Crippen molar-refractivity contribution >= 4 is 11.5 Å². The van der Waals surface area contributed by atoms with Gasteiger partial charge in [-0.2, -0.15) is 0 Å². The van der Waals surface area contributed by atoms with Crippen LogP contribution in [0.1, 0.15) is 17.3 Å². The highest BCUT2D eigenvalue weighted by Crippen LogP contribution is 2.28. The second-order valence-corrected chi connectivity index (χ2v) is 7.01. The van der Waals surface area contributed by atoms with Crippen molar-refractivity contribution in [3.63, 3.8) is 0 Å². The molecule has 0 aromatic heterocycles. The summed E-state index contributed by atoms with van der Waals surface area (Å²) in [7, 11) is 1.54. The molecule has 1 fully saturated rings. The van der Waals surface area contributed by atoms with Crippen LogP contribution in [0.4, 0.5) is 5.69 Å². The van der Waals surface area contributed by atoms with E-state index in [1.54, 1.807) is 18.2 Å². The number of para-hydroxylation sites is 1. The van der Waals surface area contributed by atoms with Crippen LogP contribution in [0.3, 0.4) is 0 Å². The molecule has 0 unspecified atom stereocenters. The maximum absolute atomic E-state index is 11.5. The summed E-state index contributed by atoms with van der Waals surface area (Å²) >= 11 is 0. The number of rotatable bonds is 8. The number of Topliss-reactive ketones (excluding diaryl/α,β-unsaturated/α-hetero) is 1. The lowest BCUT2D eigenvalue weighted by molar-refractivity contribution is 0.0653. The Morgan fingerprint density at radius 1 is 1.07 bits per heavy atom. The van der Waals surface area contributed by atoms with Gasteiger partial charge in [0.1, 0.15) is 12.7 Å². The van der Waals surface area contributed by atoms with Gasteiger partial charge in [0.15, 0.2) is 17.3 Å². The van der Waals surface area contributed by atoms with E-state index in [2.05, 4.69) is 34.1 Å². The number of anilines is 1. The van der Waals surface area contributed by atoms with Crippen LogP contribution in [0.5, 0.6) is 11.5 Å². The van der Waals surface area contributed by atoms with Gasteiger partial charge in [0.25, 0.3) is 0 Å². The Morgan fingerprint density at radius 2 is 1.79 bits per heavy atom. The molecule has 28 heavy (non-hydrogen) atoms. The first-order valence-electron chi connectivity index (χ1n) is 9.59. The van der Waals surface area contributed by atoms with Crippen molar-refractivity contribution in [3.8, 4) is 11.5 Å². The zero-order valence-electron chi connectivity index (χ0n) is 16.5. The van der Waals surface area contributed by atoms with Crippen molar-refractivity contribution in [1.82, 2.24) is 4.90 Å². The summed E-state index contributed by atoms with van der Waals surface area (Å²) in [6.45, 7) is 5.95. The molecule has 1 atom stereocenters. The number of piperazine rings is 1. The van der Waals surface area contributed by atoms with Crippen LogP contribution >= 0.6 is 0 Å². The first-order valence-corrected chi connectivity index (χ1v) is 9.59. The Hall–Kier alpha value is -2.57. The number of ether oxygens (including phenoxy) is 2. The molecule has 0 spiro atoms. The van der Waals surface area contributed by atoms with Gasteiger partial charge in [0, 0.05) is 44.0 Å². The lowest BCUT2D eigenvalue weighted by atomic mass is 10.1. The molecule has 0 amide bonds. The molecular weight excluding hydrogens is 356 g/mol. The van der Waals surface area contributed by atoms with E-state index in [1.165, 1.54) is 19.7 Å². The quantitative estimate of drug-likeness (QED) is 0.706. The average Bonchev–Trinajstić information content (AvgIpc) is 2.73. The maximum Gasteiger partial charge on any atom is 0.161 e. The number of aliphatic hydroxyl groups is 1. The first-order chi connectivity index (χ1) is 13.6. The molecule has 2 aromatic carbocycles. The number of aliphatic hydroxyl groups excluding tert-OH is 1.